The van der Waals surface area contributed by atoms with Gasteiger partial charge in [-0.05, 0) is 73.1 Å². The predicted octanol–water partition coefficient (Wildman–Crippen LogP) is 5.58. The van der Waals surface area contributed by atoms with Gasteiger partial charge in [0, 0.05) is 11.1 Å². The Morgan fingerprint density at radius 1 is 1.06 bits per heavy atom. The van der Waals surface area contributed by atoms with Crippen molar-refractivity contribution in [2.45, 2.75) is 40.5 Å². The lowest BCUT2D eigenvalue weighted by Gasteiger charge is -2.15. The number of para-hydroxylation sites is 1. The van der Waals surface area contributed by atoms with E-state index >= 15 is 0 Å². The summed E-state index contributed by atoms with van der Waals surface area (Å²) in [5, 5.41) is 21.0. The molecule has 1 aliphatic carbocycles. The molecule has 2 N–H and O–H groups in total. The number of Topliss-reactive ketones (excluding diaryl/α,β-unsaturated/α-hetero) is 1. The molecule has 2 aliphatic rings. The largest absolute Gasteiger partial charge is 0.505 e. The molecule has 7 heteroatoms. The van der Waals surface area contributed by atoms with Gasteiger partial charge in [-0.25, -0.2) is 0 Å². The number of rotatable bonds is 5. The van der Waals surface area contributed by atoms with E-state index in [4.69, 9.17) is 0 Å². The zero-order chi connectivity index (χ0) is 25.6. The first-order valence-corrected chi connectivity index (χ1v) is 11.9. The first-order valence-electron chi connectivity index (χ1n) is 11.9. The molecule has 1 aliphatic heterocycles. The van der Waals surface area contributed by atoms with Crippen molar-refractivity contribution in [1.29, 1.82) is 0 Å². The first-order chi connectivity index (χ1) is 17.1. The second-order valence-electron chi connectivity index (χ2n) is 10.2. The zero-order valence-electron chi connectivity index (χ0n) is 20.8. The highest BCUT2D eigenvalue weighted by atomic mass is 16.3. The van der Waals surface area contributed by atoms with Crippen molar-refractivity contribution in [2.75, 3.05) is 10.4 Å². The first kappa shape index (κ1) is 23.5. The summed E-state index contributed by atoms with van der Waals surface area (Å²) in [6, 6.07) is 18.3. The molecule has 0 spiro atoms. The molecule has 0 unspecified atom stereocenters. The summed E-state index contributed by atoms with van der Waals surface area (Å²) in [6.07, 6.45) is 1.99. The van der Waals surface area contributed by atoms with Gasteiger partial charge in [0.1, 0.15) is 5.75 Å². The van der Waals surface area contributed by atoms with Crippen LogP contribution in [-0.2, 0) is 17.6 Å². The molecule has 5 rings (SSSR count). The predicted molar refractivity (Wildman–Crippen MR) is 143 cm³/mol. The van der Waals surface area contributed by atoms with E-state index in [1.165, 1.54) is 23.1 Å². The van der Waals surface area contributed by atoms with Crippen LogP contribution in [0.4, 0.5) is 11.4 Å². The smallest absolute Gasteiger partial charge is 0.301 e. The Morgan fingerprint density at radius 2 is 1.81 bits per heavy atom. The number of hydrazone groups is 2. The van der Waals surface area contributed by atoms with Crippen LogP contribution in [0.3, 0.4) is 0 Å². The monoisotopic (exact) mass is 480 g/mol. The quantitative estimate of drug-likeness (QED) is 0.283. The number of hydrogen-bond donors (Lipinski definition) is 2. The molecule has 0 atom stereocenters. The highest BCUT2D eigenvalue weighted by Crippen LogP contribution is 2.38. The van der Waals surface area contributed by atoms with E-state index in [0.29, 0.717) is 28.1 Å². The Kier molecular flexibility index (Phi) is 5.71. The molecule has 3 aromatic rings. The van der Waals surface area contributed by atoms with Crippen LogP contribution in [-0.4, -0.2) is 28.2 Å². The van der Waals surface area contributed by atoms with Gasteiger partial charge in [0.05, 0.1) is 17.1 Å². The topological polar surface area (TPSA) is 94.4 Å². The fourth-order valence-electron chi connectivity index (χ4n) is 4.86. The van der Waals surface area contributed by atoms with Crippen LogP contribution in [0, 0.1) is 5.41 Å². The number of aromatic hydroxyl groups is 1. The molecular formula is C29H28N4O3. The fraction of sp³-hybridized carbons (Fsp3) is 0.241. The highest BCUT2D eigenvalue weighted by Gasteiger charge is 2.33. The average Bonchev–Trinajstić information content (AvgIpc) is 3.31. The minimum Gasteiger partial charge on any atom is -0.505 e. The number of amides is 1. The molecule has 182 valence electrons. The minimum absolute atomic E-state index is 0.0271. The number of nitrogens with zero attached hydrogens (tertiary/aromatic N) is 3. The number of fused-ring (bicyclic) bond motifs is 1. The molecule has 0 saturated carbocycles. The van der Waals surface area contributed by atoms with Crippen molar-refractivity contribution in [3.8, 4) is 16.9 Å². The van der Waals surface area contributed by atoms with Crippen molar-refractivity contribution in [1.82, 2.24) is 0 Å². The number of carbonyl (C=O) groups excluding carboxylic acids is 2. The molecule has 0 radical (unpaired) electrons. The number of nitrogens with one attached hydrogen (secondary N) is 1. The molecular weight excluding hydrogens is 452 g/mol. The van der Waals surface area contributed by atoms with E-state index in [9.17, 15) is 14.7 Å². The summed E-state index contributed by atoms with van der Waals surface area (Å²) >= 11 is 0. The molecule has 0 aromatic heterocycles. The Balaban J connectivity index is 1.39. The van der Waals surface area contributed by atoms with Gasteiger partial charge in [-0.2, -0.15) is 15.2 Å². The number of benzene rings is 3. The molecule has 0 bridgehead atoms. The van der Waals surface area contributed by atoms with E-state index in [0.717, 1.165) is 18.5 Å². The number of phenols is 1. The molecule has 0 saturated heterocycles. The van der Waals surface area contributed by atoms with Gasteiger partial charge in [0.15, 0.2) is 11.5 Å². The van der Waals surface area contributed by atoms with Gasteiger partial charge in [0.2, 0.25) is 0 Å². The summed E-state index contributed by atoms with van der Waals surface area (Å²) in [7, 11) is 0. The van der Waals surface area contributed by atoms with E-state index < -0.39 is 0 Å². The standard InChI is InChI=1S/C29H28N4O3/c1-17-26(28(36)33(32-17)23-12-11-21-15-29(3,4)16-22(21)14-23)31-30-25-10-6-9-24(27(25)35)20-8-5-7-19(13-20)18(2)34/h5-14,30,35H,15-16H2,1-4H3/b31-26-. The Labute approximate surface area is 210 Å². The van der Waals surface area contributed by atoms with Crippen molar-refractivity contribution in [2.24, 2.45) is 15.6 Å². The number of phenolic OH excluding ortho intramolecular Hbond substituents is 1. The average molecular weight is 481 g/mol. The van der Waals surface area contributed by atoms with Crippen LogP contribution in [0.15, 0.2) is 70.9 Å². The number of hydrogen-bond acceptors (Lipinski definition) is 6. The van der Waals surface area contributed by atoms with Crippen LogP contribution >= 0.6 is 0 Å². The minimum atomic E-state index is -0.331. The Bertz CT molecular complexity index is 1470. The van der Waals surface area contributed by atoms with E-state index in [1.807, 2.05) is 18.2 Å². The molecule has 36 heavy (non-hydrogen) atoms. The van der Waals surface area contributed by atoms with Gasteiger partial charge < -0.3 is 5.11 Å². The number of ketones is 1. The number of carbonyl (C=O) groups is 2. The van der Waals surface area contributed by atoms with Gasteiger partial charge in [-0.15, -0.1) is 0 Å². The van der Waals surface area contributed by atoms with Crippen LogP contribution in [0.25, 0.3) is 11.1 Å². The zero-order valence-corrected chi connectivity index (χ0v) is 20.8. The normalized spacial score (nSPS) is 17.3. The summed E-state index contributed by atoms with van der Waals surface area (Å²) in [5.41, 5.74) is 9.15. The SMILES string of the molecule is CC(=O)c1cccc(-c2cccc(N/N=C3\C(=O)N(c4ccc5c(c4)CC(C)(C)C5)N=C3C)c2O)c1. The van der Waals surface area contributed by atoms with Crippen LogP contribution in [0.5, 0.6) is 5.75 Å². The lowest BCUT2D eigenvalue weighted by molar-refractivity contribution is -0.112. The summed E-state index contributed by atoms with van der Waals surface area (Å²) in [4.78, 5) is 25.0. The maximum atomic E-state index is 13.2. The van der Waals surface area contributed by atoms with E-state index in [-0.39, 0.29) is 28.6 Å². The van der Waals surface area contributed by atoms with Gasteiger partial charge >= 0.3 is 5.91 Å². The van der Waals surface area contributed by atoms with Crippen LogP contribution in [0.2, 0.25) is 0 Å². The van der Waals surface area contributed by atoms with Crippen molar-refractivity contribution in [3.63, 3.8) is 0 Å². The lowest BCUT2D eigenvalue weighted by Crippen LogP contribution is -2.28. The summed E-state index contributed by atoms with van der Waals surface area (Å²) < 4.78 is 0. The third kappa shape index (κ3) is 4.28. The van der Waals surface area contributed by atoms with Crippen LogP contribution < -0.4 is 10.4 Å². The van der Waals surface area contributed by atoms with E-state index in [2.05, 4.69) is 35.5 Å². The second kappa shape index (κ2) is 8.75. The van der Waals surface area contributed by atoms with Crippen LogP contribution in [0.1, 0.15) is 49.2 Å². The summed E-state index contributed by atoms with van der Waals surface area (Å²) in [5.74, 6) is -0.411. The molecule has 0 fully saturated rings. The van der Waals surface area contributed by atoms with E-state index in [1.54, 1.807) is 43.3 Å². The third-order valence-corrected chi connectivity index (χ3v) is 6.66. The van der Waals surface area contributed by atoms with Gasteiger partial charge in [-0.3, -0.25) is 15.0 Å². The molecule has 1 amide bonds. The second-order valence-corrected chi connectivity index (χ2v) is 10.2. The van der Waals surface area contributed by atoms with Gasteiger partial charge in [-0.1, -0.05) is 50.2 Å². The Hall–Kier alpha value is -4.26. The molecule has 3 aromatic carbocycles. The van der Waals surface area contributed by atoms with Crippen molar-refractivity contribution < 1.29 is 14.7 Å². The third-order valence-electron chi connectivity index (χ3n) is 6.66. The number of anilines is 2. The maximum absolute atomic E-state index is 13.2. The maximum Gasteiger partial charge on any atom is 0.301 e. The summed E-state index contributed by atoms with van der Waals surface area (Å²) in [6.45, 7) is 7.73. The lowest BCUT2D eigenvalue weighted by atomic mass is 9.90. The fourth-order valence-corrected chi connectivity index (χ4v) is 4.86. The highest BCUT2D eigenvalue weighted by molar-refractivity contribution is 6.71. The molecule has 7 nitrogen and oxygen atoms in total. The van der Waals surface area contributed by atoms with Gasteiger partial charge in [0.25, 0.3) is 0 Å². The molecule has 1 heterocycles. The van der Waals surface area contributed by atoms with Crippen molar-refractivity contribution in [3.05, 3.63) is 77.4 Å². The van der Waals surface area contributed by atoms with Crippen molar-refractivity contribution >= 4 is 34.5 Å². The Morgan fingerprint density at radius 3 is 2.58 bits per heavy atom.